The largest absolute Gasteiger partial charge is 0.367 e. The second-order valence-corrected chi connectivity index (χ2v) is 4.07. The summed E-state index contributed by atoms with van der Waals surface area (Å²) in [7, 11) is 1.47. The minimum Gasteiger partial charge on any atom is -0.367 e. The molecule has 0 fully saturated rings. The average molecular weight is 278 g/mol. The highest BCUT2D eigenvalue weighted by Crippen LogP contribution is 2.20. The van der Waals surface area contributed by atoms with Gasteiger partial charge in [-0.25, -0.2) is 9.97 Å². The summed E-state index contributed by atoms with van der Waals surface area (Å²) >= 11 is 5.83. The number of hydrogen-bond acceptors (Lipinski definition) is 4. The van der Waals surface area contributed by atoms with Crippen LogP contribution in [0.25, 0.3) is 0 Å². The van der Waals surface area contributed by atoms with Crippen LogP contribution in [-0.4, -0.2) is 23.0 Å². The molecule has 1 amide bonds. The zero-order valence-electron chi connectivity index (χ0n) is 10.2. The normalized spacial score (nSPS) is 11.9. The fourth-order valence-electron chi connectivity index (χ4n) is 1.61. The number of anilines is 1. The molecule has 0 bridgehead atoms. The molecule has 1 N–H and O–H groups in total. The lowest BCUT2D eigenvalue weighted by atomic mass is 10.1. The van der Waals surface area contributed by atoms with Crippen LogP contribution in [0.1, 0.15) is 11.7 Å². The second-order valence-electron chi connectivity index (χ2n) is 3.71. The Morgan fingerprint density at radius 3 is 2.58 bits per heavy atom. The number of nitrogens with one attached hydrogen (secondary N) is 1. The van der Waals surface area contributed by atoms with Crippen LogP contribution in [0.4, 0.5) is 5.82 Å². The molecule has 1 unspecified atom stereocenters. The molecule has 0 saturated carbocycles. The first-order valence-corrected chi connectivity index (χ1v) is 5.95. The van der Waals surface area contributed by atoms with Crippen molar-refractivity contribution < 1.29 is 9.53 Å². The second kappa shape index (κ2) is 6.26. The molecule has 0 aliphatic rings. The van der Waals surface area contributed by atoms with E-state index in [9.17, 15) is 4.79 Å². The van der Waals surface area contributed by atoms with Gasteiger partial charge in [0.15, 0.2) is 17.1 Å². The summed E-state index contributed by atoms with van der Waals surface area (Å²) in [6.07, 6.45) is 2.17. The molecule has 6 heteroatoms. The van der Waals surface area contributed by atoms with Crippen molar-refractivity contribution in [1.82, 2.24) is 9.97 Å². The summed E-state index contributed by atoms with van der Waals surface area (Å²) < 4.78 is 5.21. The third kappa shape index (κ3) is 3.27. The lowest BCUT2D eigenvalue weighted by molar-refractivity contribution is -0.126. The zero-order chi connectivity index (χ0) is 13.7. The van der Waals surface area contributed by atoms with E-state index in [2.05, 4.69) is 15.3 Å². The topological polar surface area (TPSA) is 64.1 Å². The van der Waals surface area contributed by atoms with E-state index in [1.165, 1.54) is 19.5 Å². The van der Waals surface area contributed by atoms with E-state index in [0.717, 1.165) is 5.56 Å². The van der Waals surface area contributed by atoms with Gasteiger partial charge in [0.25, 0.3) is 5.91 Å². The van der Waals surface area contributed by atoms with E-state index in [-0.39, 0.29) is 16.9 Å². The van der Waals surface area contributed by atoms with Gasteiger partial charge in [-0.05, 0) is 5.56 Å². The van der Waals surface area contributed by atoms with Crippen molar-refractivity contribution in [3.8, 4) is 0 Å². The number of ether oxygens (including phenoxy) is 1. The summed E-state index contributed by atoms with van der Waals surface area (Å²) in [6, 6.07) is 9.17. The molecular formula is C13H12ClN3O2. The SMILES string of the molecule is COC(C(=O)Nc1nccnc1Cl)c1ccccc1. The van der Waals surface area contributed by atoms with Crippen LogP contribution >= 0.6 is 11.6 Å². The Kier molecular flexibility index (Phi) is 4.43. The van der Waals surface area contributed by atoms with Crippen LogP contribution in [0.15, 0.2) is 42.7 Å². The Hall–Kier alpha value is -1.98. The van der Waals surface area contributed by atoms with Gasteiger partial charge in [0.2, 0.25) is 0 Å². The molecule has 0 saturated heterocycles. The predicted octanol–water partition coefficient (Wildman–Crippen LogP) is 2.46. The lowest BCUT2D eigenvalue weighted by Crippen LogP contribution is -2.23. The fourth-order valence-corrected chi connectivity index (χ4v) is 1.76. The molecule has 0 aliphatic carbocycles. The Bertz CT molecular complexity index is 563. The van der Waals surface area contributed by atoms with Crippen molar-refractivity contribution in [2.75, 3.05) is 12.4 Å². The van der Waals surface area contributed by atoms with E-state index in [1.54, 1.807) is 0 Å². The van der Waals surface area contributed by atoms with Crippen molar-refractivity contribution in [3.05, 3.63) is 53.4 Å². The quantitative estimate of drug-likeness (QED) is 0.932. The molecule has 2 aromatic rings. The number of rotatable bonds is 4. The van der Waals surface area contributed by atoms with Crippen LogP contribution in [0.2, 0.25) is 5.15 Å². The van der Waals surface area contributed by atoms with Gasteiger partial charge < -0.3 is 10.1 Å². The highest BCUT2D eigenvalue weighted by molar-refractivity contribution is 6.32. The summed E-state index contributed by atoms with van der Waals surface area (Å²) in [6.45, 7) is 0. The van der Waals surface area contributed by atoms with Gasteiger partial charge in [-0.1, -0.05) is 41.9 Å². The van der Waals surface area contributed by atoms with Gasteiger partial charge in [0.05, 0.1) is 0 Å². The summed E-state index contributed by atoms with van der Waals surface area (Å²) in [5, 5.41) is 2.73. The third-order valence-corrected chi connectivity index (χ3v) is 2.75. The standard InChI is InChI=1S/C13H12ClN3O2/c1-19-10(9-5-3-2-4-6-9)13(18)17-12-11(14)15-7-8-16-12/h2-8,10H,1H3,(H,16,17,18). The third-order valence-electron chi connectivity index (χ3n) is 2.47. The van der Waals surface area contributed by atoms with Gasteiger partial charge in [-0.15, -0.1) is 0 Å². The molecule has 0 aliphatic heterocycles. The maximum Gasteiger partial charge on any atom is 0.259 e. The monoisotopic (exact) mass is 277 g/mol. The minimum atomic E-state index is -0.723. The molecule has 1 heterocycles. The van der Waals surface area contributed by atoms with Gasteiger partial charge in [0.1, 0.15) is 0 Å². The van der Waals surface area contributed by atoms with E-state index >= 15 is 0 Å². The van der Waals surface area contributed by atoms with Crippen molar-refractivity contribution in [2.45, 2.75) is 6.10 Å². The molecule has 98 valence electrons. The van der Waals surface area contributed by atoms with Crippen molar-refractivity contribution >= 4 is 23.3 Å². The van der Waals surface area contributed by atoms with E-state index in [4.69, 9.17) is 16.3 Å². The molecule has 1 aromatic heterocycles. The molecule has 2 rings (SSSR count). The van der Waals surface area contributed by atoms with Gasteiger partial charge in [-0.3, -0.25) is 4.79 Å². The van der Waals surface area contributed by atoms with Gasteiger partial charge >= 0.3 is 0 Å². The molecule has 1 atom stereocenters. The first-order chi connectivity index (χ1) is 9.22. The van der Waals surface area contributed by atoms with Crippen LogP contribution in [-0.2, 0) is 9.53 Å². The number of halogens is 1. The average Bonchev–Trinajstić information content (AvgIpc) is 2.43. The number of nitrogens with zero attached hydrogens (tertiary/aromatic N) is 2. The number of carbonyl (C=O) groups excluding carboxylic acids is 1. The first-order valence-electron chi connectivity index (χ1n) is 5.57. The highest BCUT2D eigenvalue weighted by atomic mass is 35.5. The van der Waals surface area contributed by atoms with Crippen molar-refractivity contribution in [2.24, 2.45) is 0 Å². The zero-order valence-corrected chi connectivity index (χ0v) is 11.0. The molecule has 0 radical (unpaired) electrons. The first kappa shape index (κ1) is 13.5. The van der Waals surface area contributed by atoms with E-state index in [0.29, 0.717) is 0 Å². The number of aromatic nitrogens is 2. The number of hydrogen-bond donors (Lipinski definition) is 1. The summed E-state index contributed by atoms with van der Waals surface area (Å²) in [4.78, 5) is 19.9. The number of benzene rings is 1. The smallest absolute Gasteiger partial charge is 0.259 e. The Morgan fingerprint density at radius 1 is 1.26 bits per heavy atom. The molecule has 5 nitrogen and oxygen atoms in total. The maximum atomic E-state index is 12.1. The minimum absolute atomic E-state index is 0.138. The predicted molar refractivity (Wildman–Crippen MR) is 71.9 cm³/mol. The summed E-state index contributed by atoms with van der Waals surface area (Å²) in [5.41, 5.74) is 0.752. The summed E-state index contributed by atoms with van der Waals surface area (Å²) in [5.74, 6) is -0.136. The van der Waals surface area contributed by atoms with E-state index < -0.39 is 6.10 Å². The lowest BCUT2D eigenvalue weighted by Gasteiger charge is -2.15. The molecule has 0 spiro atoms. The van der Waals surface area contributed by atoms with Gasteiger partial charge in [0, 0.05) is 19.5 Å². The van der Waals surface area contributed by atoms with Crippen molar-refractivity contribution in [1.29, 1.82) is 0 Å². The van der Waals surface area contributed by atoms with Crippen molar-refractivity contribution in [3.63, 3.8) is 0 Å². The number of carbonyl (C=O) groups is 1. The van der Waals surface area contributed by atoms with Crippen LogP contribution < -0.4 is 5.32 Å². The van der Waals surface area contributed by atoms with Gasteiger partial charge in [-0.2, -0.15) is 0 Å². The molecule has 19 heavy (non-hydrogen) atoms. The highest BCUT2D eigenvalue weighted by Gasteiger charge is 2.21. The Balaban J connectivity index is 2.17. The van der Waals surface area contributed by atoms with Crippen LogP contribution in [0.3, 0.4) is 0 Å². The fraction of sp³-hybridized carbons (Fsp3) is 0.154. The Labute approximate surface area is 115 Å². The molecular weight excluding hydrogens is 266 g/mol. The van der Waals surface area contributed by atoms with Crippen LogP contribution in [0.5, 0.6) is 0 Å². The van der Waals surface area contributed by atoms with Crippen LogP contribution in [0, 0.1) is 0 Å². The number of methoxy groups -OCH3 is 1. The van der Waals surface area contributed by atoms with E-state index in [1.807, 2.05) is 30.3 Å². The maximum absolute atomic E-state index is 12.1. The Morgan fingerprint density at radius 2 is 1.95 bits per heavy atom. The number of amides is 1. The molecule has 1 aromatic carbocycles.